The molecule has 0 heterocycles. The van der Waals surface area contributed by atoms with Gasteiger partial charge in [0, 0.05) is 10.8 Å². The second-order valence-corrected chi connectivity index (χ2v) is 7.26. The van der Waals surface area contributed by atoms with Crippen LogP contribution in [0.4, 0.5) is 11.4 Å². The minimum absolute atomic E-state index is 0. The first kappa shape index (κ1) is 20.4. The summed E-state index contributed by atoms with van der Waals surface area (Å²) in [4.78, 5) is -0.427. The average molecular weight is 400 g/mol. The van der Waals surface area contributed by atoms with Gasteiger partial charge in [0.1, 0.15) is 27.2 Å². The Morgan fingerprint density at radius 3 is 2.00 bits per heavy atom. The number of benzene rings is 4. The molecule has 0 aliphatic heterocycles. The molecule has 0 bridgehead atoms. The van der Waals surface area contributed by atoms with Crippen LogP contribution in [0, 0.1) is 0 Å². The second-order valence-electron chi connectivity index (χ2n) is 5.94. The molecule has 0 aliphatic carbocycles. The fourth-order valence-electron chi connectivity index (χ4n) is 3.03. The van der Waals surface area contributed by atoms with E-state index >= 15 is 0 Å². The first-order valence-corrected chi connectivity index (χ1v) is 9.46. The van der Waals surface area contributed by atoms with E-state index in [2.05, 4.69) is 10.2 Å². The summed E-state index contributed by atoms with van der Waals surface area (Å²) in [6.07, 6.45) is 0. The monoisotopic (exact) mass is 400 g/mol. The summed E-state index contributed by atoms with van der Waals surface area (Å²) < 4.78 is 35.6. The molecule has 0 amide bonds. The topological polar surface area (TPSA) is 102 Å². The van der Waals surface area contributed by atoms with E-state index in [0.717, 1.165) is 5.39 Å². The van der Waals surface area contributed by atoms with E-state index in [1.54, 1.807) is 48.5 Å². The van der Waals surface area contributed by atoms with Crippen LogP contribution in [-0.4, -0.2) is 18.1 Å². The van der Waals surface area contributed by atoms with Crippen molar-refractivity contribution in [3.05, 3.63) is 72.8 Å². The number of hydrogen-bond acceptors (Lipinski definition) is 6. The molecule has 0 fully saturated rings. The third kappa shape index (κ3) is 3.80. The molecule has 134 valence electrons. The van der Waals surface area contributed by atoms with Crippen LogP contribution in [0.5, 0.6) is 5.75 Å². The Morgan fingerprint density at radius 1 is 0.750 bits per heavy atom. The molecule has 0 saturated carbocycles. The third-order valence-corrected chi connectivity index (χ3v) is 5.17. The van der Waals surface area contributed by atoms with Crippen LogP contribution >= 0.6 is 0 Å². The Bertz CT molecular complexity index is 1320. The van der Waals surface area contributed by atoms with Crippen LogP contribution in [0.2, 0.25) is 0 Å². The molecule has 8 heteroatoms. The molecule has 4 rings (SSSR count). The number of hydrogen-bond donors (Lipinski definition) is 1. The van der Waals surface area contributed by atoms with Gasteiger partial charge in [0.2, 0.25) is 0 Å². The smallest absolute Gasteiger partial charge is 0.744 e. The van der Waals surface area contributed by atoms with Crippen molar-refractivity contribution in [2.24, 2.45) is 10.2 Å². The van der Waals surface area contributed by atoms with Crippen molar-refractivity contribution >= 4 is 43.0 Å². The van der Waals surface area contributed by atoms with Crippen LogP contribution in [0.3, 0.4) is 0 Å². The van der Waals surface area contributed by atoms with Crippen molar-refractivity contribution in [1.82, 2.24) is 0 Å². The summed E-state index contributed by atoms with van der Waals surface area (Å²) in [5.41, 5.74) is 0.131. The van der Waals surface area contributed by atoms with E-state index in [1.807, 2.05) is 12.1 Å². The maximum absolute atomic E-state index is 11.9. The Kier molecular flexibility index (Phi) is 5.83. The minimum atomic E-state index is -4.78. The van der Waals surface area contributed by atoms with Gasteiger partial charge in [0.05, 0.1) is 4.90 Å². The summed E-state index contributed by atoms with van der Waals surface area (Å²) in [5, 5.41) is 20.6. The second kappa shape index (κ2) is 7.98. The molecular formula is C20H13N2NaO4S. The first-order valence-electron chi connectivity index (χ1n) is 8.05. The predicted octanol–water partition coefficient (Wildman–Crippen LogP) is 2.02. The van der Waals surface area contributed by atoms with E-state index < -0.39 is 15.0 Å². The number of aromatic hydroxyl groups is 1. The van der Waals surface area contributed by atoms with Gasteiger partial charge < -0.3 is 9.66 Å². The van der Waals surface area contributed by atoms with E-state index in [0.29, 0.717) is 10.8 Å². The predicted molar refractivity (Wildman–Crippen MR) is 102 cm³/mol. The van der Waals surface area contributed by atoms with Gasteiger partial charge >= 0.3 is 29.6 Å². The molecule has 0 unspecified atom stereocenters. The molecule has 0 spiro atoms. The molecule has 0 atom stereocenters. The van der Waals surface area contributed by atoms with E-state index in [-0.39, 0.29) is 52.1 Å². The Balaban J connectivity index is 0.00000225. The third-order valence-electron chi connectivity index (χ3n) is 4.25. The number of phenols is 1. The summed E-state index contributed by atoms with van der Waals surface area (Å²) in [5.74, 6) is -0.0928. The molecular weight excluding hydrogens is 387 g/mol. The maximum Gasteiger partial charge on any atom is 1.00 e. The van der Waals surface area contributed by atoms with Crippen LogP contribution in [0.1, 0.15) is 0 Å². The standard InChI is InChI=1S/C20H14N2O4S.Na/c23-18-12-10-13-5-1-3-7-15(13)19(18)22-21-17-11-9-14-6-2-4-8-16(14)20(17)27(24,25)26;/h1-12,23H,(H,24,25,26);/q;+1/p-1/b22-21+;. The van der Waals surface area contributed by atoms with E-state index in [9.17, 15) is 18.1 Å². The number of phenolic OH excluding ortho intramolecular Hbond substituents is 1. The van der Waals surface area contributed by atoms with Gasteiger partial charge in [-0.1, -0.05) is 60.7 Å². The zero-order chi connectivity index (χ0) is 19.0. The zero-order valence-corrected chi connectivity index (χ0v) is 17.7. The SMILES string of the molecule is O=S(=O)([O-])c1c(/N=N/c2c(O)ccc3ccccc23)ccc2ccccc12.[Na+]. The van der Waals surface area contributed by atoms with Gasteiger partial charge in [-0.2, -0.15) is 0 Å². The maximum atomic E-state index is 11.9. The normalized spacial score (nSPS) is 11.8. The number of fused-ring (bicyclic) bond motifs is 2. The van der Waals surface area contributed by atoms with Gasteiger partial charge in [-0.25, -0.2) is 8.42 Å². The Labute approximate surface area is 183 Å². The van der Waals surface area contributed by atoms with Crippen molar-refractivity contribution < 1.29 is 47.6 Å². The largest absolute Gasteiger partial charge is 1.00 e. The molecule has 4 aromatic carbocycles. The Hall–Kier alpha value is -2.29. The van der Waals surface area contributed by atoms with Crippen LogP contribution < -0.4 is 29.6 Å². The van der Waals surface area contributed by atoms with Crippen molar-refractivity contribution in [1.29, 1.82) is 0 Å². The summed E-state index contributed by atoms with van der Waals surface area (Å²) in [6.45, 7) is 0. The average Bonchev–Trinajstić information content (AvgIpc) is 2.66. The number of rotatable bonds is 3. The summed E-state index contributed by atoms with van der Waals surface area (Å²) in [6, 6.07) is 20.3. The van der Waals surface area contributed by atoms with Crippen molar-refractivity contribution in [3.8, 4) is 5.75 Å². The van der Waals surface area contributed by atoms with Crippen molar-refractivity contribution in [2.45, 2.75) is 4.90 Å². The van der Waals surface area contributed by atoms with Crippen LogP contribution in [-0.2, 0) is 10.1 Å². The fourth-order valence-corrected chi connectivity index (χ4v) is 3.85. The molecule has 6 nitrogen and oxygen atoms in total. The minimum Gasteiger partial charge on any atom is -0.744 e. The molecule has 4 aromatic rings. The zero-order valence-electron chi connectivity index (χ0n) is 14.9. The molecule has 0 radical (unpaired) electrons. The fraction of sp³-hybridized carbons (Fsp3) is 0. The van der Waals surface area contributed by atoms with Gasteiger partial charge in [-0.3, -0.25) is 0 Å². The first-order chi connectivity index (χ1) is 12.9. The van der Waals surface area contributed by atoms with Crippen molar-refractivity contribution in [3.63, 3.8) is 0 Å². The van der Waals surface area contributed by atoms with Gasteiger partial charge in [0.25, 0.3) is 0 Å². The quantitative estimate of drug-likeness (QED) is 0.323. The molecule has 28 heavy (non-hydrogen) atoms. The molecule has 1 N–H and O–H groups in total. The summed E-state index contributed by atoms with van der Waals surface area (Å²) in [7, 11) is -4.78. The molecule has 0 aliphatic rings. The van der Waals surface area contributed by atoms with Gasteiger partial charge in [-0.05, 0) is 22.9 Å². The van der Waals surface area contributed by atoms with E-state index in [4.69, 9.17) is 0 Å². The van der Waals surface area contributed by atoms with E-state index in [1.165, 1.54) is 12.1 Å². The van der Waals surface area contributed by atoms with Crippen LogP contribution in [0.25, 0.3) is 21.5 Å². The van der Waals surface area contributed by atoms with Gasteiger partial charge in [-0.15, -0.1) is 10.2 Å². The Morgan fingerprint density at radius 2 is 1.32 bits per heavy atom. The summed E-state index contributed by atoms with van der Waals surface area (Å²) >= 11 is 0. The van der Waals surface area contributed by atoms with Gasteiger partial charge in [0.15, 0.2) is 0 Å². The molecule has 0 aromatic heterocycles. The molecule has 0 saturated heterocycles. The van der Waals surface area contributed by atoms with Crippen molar-refractivity contribution in [2.75, 3.05) is 0 Å². The number of azo groups is 1. The van der Waals surface area contributed by atoms with Crippen LogP contribution in [0.15, 0.2) is 87.9 Å². The number of nitrogens with zero attached hydrogens (tertiary/aromatic N) is 2.